The molecule has 2 aliphatic heterocycles. The molecule has 1 atom stereocenters. The van der Waals surface area contributed by atoms with Crippen molar-refractivity contribution in [2.75, 3.05) is 26.2 Å². The number of hydrogen-bond acceptors (Lipinski definition) is 5. The highest BCUT2D eigenvalue weighted by molar-refractivity contribution is 6.09. The number of carbonyl (C=O) groups excluding carboxylic acids is 3. The molecule has 25 heavy (non-hydrogen) atoms. The lowest BCUT2D eigenvalue weighted by Gasteiger charge is -2.38. The molecule has 0 aromatic rings. The lowest BCUT2D eigenvalue weighted by molar-refractivity contribution is -0.153. The Morgan fingerprint density at radius 3 is 2.40 bits per heavy atom. The van der Waals surface area contributed by atoms with Gasteiger partial charge in [0.15, 0.2) is 0 Å². The van der Waals surface area contributed by atoms with E-state index < -0.39 is 23.6 Å². The van der Waals surface area contributed by atoms with Gasteiger partial charge in [-0.25, -0.2) is 14.5 Å². The Morgan fingerprint density at radius 2 is 1.88 bits per heavy atom. The minimum absolute atomic E-state index is 0.276. The number of carbonyl (C=O) groups is 3. The van der Waals surface area contributed by atoms with Crippen molar-refractivity contribution in [3.05, 3.63) is 0 Å². The lowest BCUT2D eigenvalue weighted by Crippen LogP contribution is -2.56. The van der Waals surface area contributed by atoms with Crippen LogP contribution in [0, 0.1) is 5.92 Å². The van der Waals surface area contributed by atoms with E-state index in [1.54, 1.807) is 6.92 Å². The maximum Gasteiger partial charge on any atom is 0.329 e. The second kappa shape index (κ2) is 8.17. The van der Waals surface area contributed by atoms with E-state index in [0.29, 0.717) is 38.2 Å². The SMILES string of the molecule is CCCOC(=O)C(CC)N1C(=O)NC2(CCN(CC(C)C)CC2)C1=O. The second-order valence-electron chi connectivity index (χ2n) is 7.47. The first-order valence-electron chi connectivity index (χ1n) is 9.39. The minimum atomic E-state index is -0.858. The Morgan fingerprint density at radius 1 is 1.24 bits per heavy atom. The van der Waals surface area contributed by atoms with Crippen molar-refractivity contribution < 1.29 is 19.1 Å². The molecule has 2 rings (SSSR count). The summed E-state index contributed by atoms with van der Waals surface area (Å²) in [6, 6.07) is -1.31. The number of amides is 3. The highest BCUT2D eigenvalue weighted by Crippen LogP contribution is 2.31. The Labute approximate surface area is 150 Å². The molecule has 0 aromatic carbocycles. The molecule has 2 saturated heterocycles. The predicted molar refractivity (Wildman–Crippen MR) is 93.9 cm³/mol. The molecule has 2 heterocycles. The normalized spacial score (nSPS) is 21.7. The Balaban J connectivity index is 2.07. The first-order valence-corrected chi connectivity index (χ1v) is 9.39. The van der Waals surface area contributed by atoms with Gasteiger partial charge in [-0.05, 0) is 31.6 Å². The van der Waals surface area contributed by atoms with E-state index in [9.17, 15) is 14.4 Å². The summed E-state index contributed by atoms with van der Waals surface area (Å²) in [6.45, 7) is 10.9. The highest BCUT2D eigenvalue weighted by Gasteiger charge is 2.55. The molecule has 3 amide bonds. The van der Waals surface area contributed by atoms with Crippen LogP contribution in [0.1, 0.15) is 53.4 Å². The van der Waals surface area contributed by atoms with Crippen LogP contribution in [0.25, 0.3) is 0 Å². The molecule has 1 unspecified atom stereocenters. The van der Waals surface area contributed by atoms with E-state index in [2.05, 4.69) is 24.1 Å². The molecule has 142 valence electrons. The maximum atomic E-state index is 13.0. The number of nitrogens with one attached hydrogen (secondary N) is 1. The summed E-state index contributed by atoms with van der Waals surface area (Å²) in [5, 5.41) is 2.87. The first-order chi connectivity index (χ1) is 11.8. The van der Waals surface area contributed by atoms with Crippen LogP contribution in [0.15, 0.2) is 0 Å². The van der Waals surface area contributed by atoms with Crippen molar-refractivity contribution in [2.24, 2.45) is 5.92 Å². The van der Waals surface area contributed by atoms with Crippen LogP contribution in [0.3, 0.4) is 0 Å². The summed E-state index contributed by atoms with van der Waals surface area (Å²) in [4.78, 5) is 41.2. The largest absolute Gasteiger partial charge is 0.464 e. The van der Waals surface area contributed by atoms with Gasteiger partial charge in [-0.1, -0.05) is 27.7 Å². The number of imide groups is 1. The monoisotopic (exact) mass is 353 g/mol. The predicted octanol–water partition coefficient (Wildman–Crippen LogP) is 1.76. The van der Waals surface area contributed by atoms with Crippen LogP contribution in [0.4, 0.5) is 4.79 Å². The Hall–Kier alpha value is -1.63. The first kappa shape index (κ1) is 19.7. The van der Waals surface area contributed by atoms with Crippen LogP contribution < -0.4 is 5.32 Å². The van der Waals surface area contributed by atoms with Crippen molar-refractivity contribution in [3.8, 4) is 0 Å². The molecule has 0 radical (unpaired) electrons. The van der Waals surface area contributed by atoms with Crippen LogP contribution >= 0.6 is 0 Å². The number of rotatable bonds is 7. The molecule has 7 nitrogen and oxygen atoms in total. The fraction of sp³-hybridized carbons (Fsp3) is 0.833. The number of esters is 1. The summed E-state index contributed by atoms with van der Waals surface area (Å²) >= 11 is 0. The molecular weight excluding hydrogens is 322 g/mol. The standard InChI is InChI=1S/C18H31N3O4/c1-5-11-25-15(22)14(6-2)21-16(23)18(19-17(21)24)7-9-20(10-8-18)12-13(3)4/h13-14H,5-12H2,1-4H3,(H,19,24). The quantitative estimate of drug-likeness (QED) is 0.557. The van der Waals surface area contributed by atoms with Crippen molar-refractivity contribution in [3.63, 3.8) is 0 Å². The lowest BCUT2D eigenvalue weighted by atomic mass is 9.87. The van der Waals surface area contributed by atoms with Gasteiger partial charge in [-0.2, -0.15) is 0 Å². The summed E-state index contributed by atoms with van der Waals surface area (Å²) < 4.78 is 5.17. The molecule has 2 aliphatic rings. The molecule has 1 N–H and O–H groups in total. The van der Waals surface area contributed by atoms with E-state index in [0.717, 1.165) is 24.5 Å². The number of likely N-dealkylation sites (tertiary alicyclic amines) is 1. The Kier molecular flexibility index (Phi) is 6.43. The molecule has 0 aromatic heterocycles. The van der Waals surface area contributed by atoms with Gasteiger partial charge in [0, 0.05) is 19.6 Å². The van der Waals surface area contributed by atoms with Crippen molar-refractivity contribution in [2.45, 2.75) is 65.0 Å². The van der Waals surface area contributed by atoms with Gasteiger partial charge in [0.2, 0.25) is 0 Å². The molecule has 7 heteroatoms. The van der Waals surface area contributed by atoms with Crippen LogP contribution in [0.2, 0.25) is 0 Å². The zero-order chi connectivity index (χ0) is 18.6. The third kappa shape index (κ3) is 4.14. The summed E-state index contributed by atoms with van der Waals surface area (Å²) in [7, 11) is 0. The van der Waals surface area contributed by atoms with E-state index in [1.165, 1.54) is 0 Å². The topological polar surface area (TPSA) is 79.0 Å². The molecule has 0 bridgehead atoms. The van der Waals surface area contributed by atoms with Gasteiger partial charge in [-0.15, -0.1) is 0 Å². The Bertz CT molecular complexity index is 512. The van der Waals surface area contributed by atoms with Crippen LogP contribution in [-0.2, 0) is 14.3 Å². The third-order valence-corrected chi connectivity index (χ3v) is 4.95. The van der Waals surface area contributed by atoms with E-state index in [-0.39, 0.29) is 5.91 Å². The van der Waals surface area contributed by atoms with Crippen molar-refractivity contribution in [1.82, 2.24) is 15.1 Å². The number of nitrogens with zero attached hydrogens (tertiary/aromatic N) is 2. The zero-order valence-corrected chi connectivity index (χ0v) is 15.8. The van der Waals surface area contributed by atoms with Gasteiger partial charge >= 0.3 is 12.0 Å². The number of urea groups is 1. The fourth-order valence-corrected chi connectivity index (χ4v) is 3.65. The van der Waals surface area contributed by atoms with Crippen LogP contribution in [-0.4, -0.2) is 65.5 Å². The average Bonchev–Trinajstić information content (AvgIpc) is 2.80. The molecule has 0 saturated carbocycles. The maximum absolute atomic E-state index is 13.0. The smallest absolute Gasteiger partial charge is 0.329 e. The molecule has 2 fully saturated rings. The summed E-state index contributed by atoms with van der Waals surface area (Å²) in [5.74, 6) is -0.207. The minimum Gasteiger partial charge on any atom is -0.464 e. The van der Waals surface area contributed by atoms with Gasteiger partial charge in [-0.3, -0.25) is 4.79 Å². The molecule has 1 spiro atoms. The summed E-state index contributed by atoms with van der Waals surface area (Å²) in [6.07, 6.45) is 2.23. The number of piperidine rings is 1. The second-order valence-corrected chi connectivity index (χ2v) is 7.47. The van der Waals surface area contributed by atoms with Crippen molar-refractivity contribution >= 4 is 17.9 Å². The van der Waals surface area contributed by atoms with E-state index in [1.807, 2.05) is 6.92 Å². The van der Waals surface area contributed by atoms with Crippen molar-refractivity contribution in [1.29, 1.82) is 0 Å². The van der Waals surface area contributed by atoms with E-state index in [4.69, 9.17) is 4.74 Å². The third-order valence-electron chi connectivity index (χ3n) is 4.95. The van der Waals surface area contributed by atoms with Crippen LogP contribution in [0.5, 0.6) is 0 Å². The highest BCUT2D eigenvalue weighted by atomic mass is 16.5. The molecular formula is C18H31N3O4. The van der Waals surface area contributed by atoms with Gasteiger partial charge < -0.3 is 15.0 Å². The van der Waals surface area contributed by atoms with E-state index >= 15 is 0 Å². The zero-order valence-electron chi connectivity index (χ0n) is 15.8. The fourth-order valence-electron chi connectivity index (χ4n) is 3.65. The number of hydrogen-bond donors (Lipinski definition) is 1. The van der Waals surface area contributed by atoms with Gasteiger partial charge in [0.05, 0.1) is 6.61 Å². The molecule has 0 aliphatic carbocycles. The van der Waals surface area contributed by atoms with Gasteiger partial charge in [0.1, 0.15) is 11.6 Å². The number of ether oxygens (including phenoxy) is 1. The summed E-state index contributed by atoms with van der Waals surface area (Å²) in [5.41, 5.74) is -0.858. The average molecular weight is 353 g/mol. The van der Waals surface area contributed by atoms with Gasteiger partial charge in [0.25, 0.3) is 5.91 Å².